The van der Waals surface area contributed by atoms with Crippen LogP contribution in [0.1, 0.15) is 65.8 Å². The summed E-state index contributed by atoms with van der Waals surface area (Å²) in [5.41, 5.74) is 10.9. The van der Waals surface area contributed by atoms with Crippen LogP contribution in [0.4, 0.5) is 0 Å². The van der Waals surface area contributed by atoms with Gasteiger partial charge in [0.1, 0.15) is 0 Å². The Morgan fingerprint density at radius 1 is 0.355 bits per heavy atom. The molecule has 0 aromatic heterocycles. The van der Waals surface area contributed by atoms with Crippen molar-refractivity contribution in [1.82, 2.24) is 0 Å². The van der Waals surface area contributed by atoms with E-state index in [1.807, 2.05) is 13.8 Å². The molecular formula is C31H38. The molecule has 0 unspecified atom stereocenters. The maximum Gasteiger partial charge on any atom is 0.0725 e. The van der Waals surface area contributed by atoms with E-state index < -0.39 is 0 Å². The maximum atomic E-state index is 2.31. The lowest BCUT2D eigenvalue weighted by molar-refractivity contribution is 0.794. The van der Waals surface area contributed by atoms with Crippen molar-refractivity contribution in [3.8, 4) is 22.3 Å². The summed E-state index contributed by atoms with van der Waals surface area (Å²) in [7, 11) is 0. The average molecular weight is 411 g/mol. The van der Waals surface area contributed by atoms with Crippen LogP contribution in [-0.4, -0.2) is 0 Å². The first-order chi connectivity index (χ1) is 13.4. The third kappa shape index (κ3) is 3.13. The van der Waals surface area contributed by atoms with Gasteiger partial charge < -0.3 is 0 Å². The highest BCUT2D eigenvalue weighted by Crippen LogP contribution is 2.62. The molecule has 0 aliphatic heterocycles. The van der Waals surface area contributed by atoms with Crippen LogP contribution < -0.4 is 0 Å². The van der Waals surface area contributed by atoms with E-state index >= 15 is 0 Å². The van der Waals surface area contributed by atoms with Crippen molar-refractivity contribution in [2.75, 3.05) is 0 Å². The van der Waals surface area contributed by atoms with Gasteiger partial charge >= 0.3 is 0 Å². The summed E-state index contributed by atoms with van der Waals surface area (Å²) in [6.45, 7) is 4.00. The van der Waals surface area contributed by atoms with E-state index in [2.05, 4.69) is 97.1 Å². The van der Waals surface area contributed by atoms with Gasteiger partial charge in [0.2, 0.25) is 0 Å². The Bertz CT molecular complexity index is 962. The number of fused-ring (bicyclic) bond motifs is 10. The molecule has 0 N–H and O–H groups in total. The average Bonchev–Trinajstić information content (AvgIpc) is 3.23. The fraction of sp³-hybridized carbons (Fsp3) is 0.226. The van der Waals surface area contributed by atoms with E-state index in [0.717, 1.165) is 0 Å². The molecule has 0 heterocycles. The van der Waals surface area contributed by atoms with Crippen molar-refractivity contribution >= 4 is 0 Å². The molecule has 31 heavy (non-hydrogen) atoms. The zero-order valence-corrected chi connectivity index (χ0v) is 15.7. The van der Waals surface area contributed by atoms with Gasteiger partial charge in [0.15, 0.2) is 0 Å². The van der Waals surface area contributed by atoms with Crippen molar-refractivity contribution in [1.29, 1.82) is 0 Å². The minimum absolute atomic E-state index is 0. The molecule has 0 fully saturated rings. The van der Waals surface area contributed by atoms with Crippen LogP contribution in [0.3, 0.4) is 0 Å². The standard InChI is InChI=1S/C25H16.C2H6.4CH4/c1-5-13-21-17(9-1)18-10-2-6-14-22(18)25(21)23-15-7-3-11-19(23)20-12-4-8-16-24(20)25;1-2;;;;/h1-16H;1-2H3;4*1H4. The molecule has 0 bridgehead atoms. The van der Waals surface area contributed by atoms with Crippen molar-refractivity contribution < 1.29 is 0 Å². The first kappa shape index (κ1) is 25.9. The van der Waals surface area contributed by atoms with Crippen molar-refractivity contribution in [2.45, 2.75) is 49.0 Å². The van der Waals surface area contributed by atoms with Gasteiger partial charge in [-0.2, -0.15) is 0 Å². The minimum Gasteiger partial charge on any atom is -0.0776 e. The zero-order valence-electron chi connectivity index (χ0n) is 15.7. The number of benzene rings is 4. The lowest BCUT2D eigenvalue weighted by Crippen LogP contribution is -2.25. The normalized spacial score (nSPS) is 12.1. The SMILES string of the molecule is C.C.C.C.CC.c1ccc2c(c1)-c1ccccc1C21c2ccccc2-c2ccccc21. The second kappa shape index (κ2) is 9.79. The Morgan fingerprint density at radius 3 is 0.774 bits per heavy atom. The van der Waals surface area contributed by atoms with E-state index in [9.17, 15) is 0 Å². The highest BCUT2D eigenvalue weighted by atomic mass is 14.5. The minimum atomic E-state index is -0.180. The van der Waals surface area contributed by atoms with Gasteiger partial charge in [-0.3, -0.25) is 0 Å². The van der Waals surface area contributed by atoms with E-state index in [0.29, 0.717) is 0 Å². The van der Waals surface area contributed by atoms with E-state index in [1.165, 1.54) is 44.5 Å². The fourth-order valence-corrected chi connectivity index (χ4v) is 5.05. The molecule has 0 atom stereocenters. The zero-order chi connectivity index (χ0) is 18.4. The largest absolute Gasteiger partial charge is 0.0776 e. The van der Waals surface area contributed by atoms with Crippen LogP contribution in [0.2, 0.25) is 0 Å². The first-order valence-corrected chi connectivity index (χ1v) is 9.81. The maximum absolute atomic E-state index is 2.31. The smallest absolute Gasteiger partial charge is 0.0725 e. The van der Waals surface area contributed by atoms with Crippen LogP contribution in [0, 0.1) is 0 Å². The topological polar surface area (TPSA) is 0 Å². The Morgan fingerprint density at radius 2 is 0.548 bits per heavy atom. The number of hydrogen-bond donors (Lipinski definition) is 0. The number of hydrogen-bond acceptors (Lipinski definition) is 0. The molecule has 2 aliphatic carbocycles. The van der Waals surface area contributed by atoms with Crippen LogP contribution >= 0.6 is 0 Å². The quantitative estimate of drug-likeness (QED) is 0.234. The highest BCUT2D eigenvalue weighted by Gasteiger charge is 2.51. The summed E-state index contributed by atoms with van der Waals surface area (Å²) >= 11 is 0. The van der Waals surface area contributed by atoms with Crippen molar-refractivity contribution in [2.24, 2.45) is 0 Å². The molecule has 0 nitrogen and oxygen atoms in total. The third-order valence-electron chi connectivity index (χ3n) is 5.90. The molecular weight excluding hydrogens is 372 g/mol. The summed E-state index contributed by atoms with van der Waals surface area (Å²) in [4.78, 5) is 0. The molecule has 6 rings (SSSR count). The molecule has 2 aliphatic rings. The second-order valence-corrected chi connectivity index (χ2v) is 6.93. The van der Waals surface area contributed by atoms with Crippen molar-refractivity contribution in [3.63, 3.8) is 0 Å². The van der Waals surface area contributed by atoms with Crippen LogP contribution in [0.25, 0.3) is 22.3 Å². The van der Waals surface area contributed by atoms with Crippen LogP contribution in [-0.2, 0) is 5.41 Å². The van der Waals surface area contributed by atoms with E-state index in [1.54, 1.807) is 0 Å². The van der Waals surface area contributed by atoms with E-state index in [-0.39, 0.29) is 35.1 Å². The fourth-order valence-electron chi connectivity index (χ4n) is 5.05. The lowest BCUT2D eigenvalue weighted by atomic mass is 9.70. The summed E-state index contributed by atoms with van der Waals surface area (Å²) in [6.07, 6.45) is 0. The van der Waals surface area contributed by atoms with Gasteiger partial charge in [-0.05, 0) is 44.5 Å². The Kier molecular flexibility index (Phi) is 8.19. The monoisotopic (exact) mass is 410 g/mol. The molecule has 0 amide bonds. The highest BCUT2D eigenvalue weighted by molar-refractivity contribution is 5.94. The van der Waals surface area contributed by atoms with Gasteiger partial charge in [0, 0.05) is 0 Å². The molecule has 0 radical (unpaired) electrons. The Balaban J connectivity index is 0.000000780. The Hall–Kier alpha value is -3.12. The molecule has 0 heteroatoms. The van der Waals surface area contributed by atoms with Gasteiger partial charge in [-0.15, -0.1) is 0 Å². The van der Waals surface area contributed by atoms with E-state index in [4.69, 9.17) is 0 Å². The molecule has 0 saturated carbocycles. The third-order valence-corrected chi connectivity index (χ3v) is 5.90. The molecule has 1 spiro atoms. The summed E-state index contributed by atoms with van der Waals surface area (Å²) in [6, 6.07) is 35.7. The molecule has 162 valence electrons. The second-order valence-electron chi connectivity index (χ2n) is 6.93. The predicted octanol–water partition coefficient (Wildman–Crippen LogP) is 9.60. The first-order valence-electron chi connectivity index (χ1n) is 9.81. The molecule has 4 aromatic carbocycles. The van der Waals surface area contributed by atoms with Crippen molar-refractivity contribution in [3.05, 3.63) is 119 Å². The van der Waals surface area contributed by atoms with Gasteiger partial charge in [-0.25, -0.2) is 0 Å². The van der Waals surface area contributed by atoms with Gasteiger partial charge in [0.05, 0.1) is 5.41 Å². The Labute approximate surface area is 190 Å². The summed E-state index contributed by atoms with van der Waals surface area (Å²) in [5, 5.41) is 0. The van der Waals surface area contributed by atoms with Gasteiger partial charge in [-0.1, -0.05) is 141 Å². The predicted molar refractivity (Wildman–Crippen MR) is 141 cm³/mol. The van der Waals surface area contributed by atoms with Gasteiger partial charge in [0.25, 0.3) is 0 Å². The molecule has 4 aromatic rings. The van der Waals surface area contributed by atoms with Crippen LogP contribution in [0.5, 0.6) is 0 Å². The summed E-state index contributed by atoms with van der Waals surface area (Å²) < 4.78 is 0. The summed E-state index contributed by atoms with van der Waals surface area (Å²) in [5.74, 6) is 0. The number of rotatable bonds is 0. The lowest BCUT2D eigenvalue weighted by Gasteiger charge is -2.30. The van der Waals surface area contributed by atoms with Crippen LogP contribution in [0.15, 0.2) is 97.1 Å². The molecule has 0 saturated heterocycles.